The molecule has 0 radical (unpaired) electrons. The van der Waals surface area contributed by atoms with Gasteiger partial charge >= 0.3 is 0 Å². The van der Waals surface area contributed by atoms with Gasteiger partial charge in [0, 0.05) is 0 Å². The van der Waals surface area contributed by atoms with Crippen molar-refractivity contribution in [2.75, 3.05) is 6.61 Å². The summed E-state index contributed by atoms with van der Waals surface area (Å²) < 4.78 is 7.35. The first kappa shape index (κ1) is 15.0. The lowest BCUT2D eigenvalue weighted by molar-refractivity contribution is 0.0948. The predicted molar refractivity (Wildman–Crippen MR) is 77.8 cm³/mol. The van der Waals surface area contributed by atoms with Crippen molar-refractivity contribution in [2.45, 2.75) is 27.3 Å². The summed E-state index contributed by atoms with van der Waals surface area (Å²) in [5.74, 6) is 5.46. The number of amides is 1. The number of nitrogens with two attached hydrogens (primary N) is 1. The van der Waals surface area contributed by atoms with Crippen LogP contribution in [-0.4, -0.2) is 27.5 Å². The van der Waals surface area contributed by atoms with Gasteiger partial charge in [-0.2, -0.15) is 0 Å². The van der Waals surface area contributed by atoms with E-state index in [1.165, 1.54) is 11.8 Å². The molecule has 1 amide bonds. The second kappa shape index (κ2) is 6.36. The molecule has 0 aliphatic heterocycles. The number of carbonyl (C=O) groups is 1. The van der Waals surface area contributed by atoms with Crippen LogP contribution in [0.4, 0.5) is 0 Å². The second-order valence-electron chi connectivity index (χ2n) is 4.92. The van der Waals surface area contributed by atoms with E-state index < -0.39 is 5.91 Å². The molecule has 1 aromatic heterocycles. The van der Waals surface area contributed by atoms with Crippen LogP contribution in [0.25, 0.3) is 0 Å². The Morgan fingerprint density at radius 3 is 2.62 bits per heavy atom. The van der Waals surface area contributed by atoms with Crippen molar-refractivity contribution >= 4 is 5.91 Å². The lowest BCUT2D eigenvalue weighted by Crippen LogP contribution is -2.30. The Balaban J connectivity index is 1.96. The van der Waals surface area contributed by atoms with Gasteiger partial charge in [0.2, 0.25) is 0 Å². The lowest BCUT2D eigenvalue weighted by Gasteiger charge is -2.12. The highest BCUT2D eigenvalue weighted by atomic mass is 16.5. The Hall–Kier alpha value is -2.41. The molecule has 3 N–H and O–H groups in total. The molecule has 2 rings (SSSR count). The summed E-state index contributed by atoms with van der Waals surface area (Å²) in [6.45, 7) is 7.04. The molecule has 0 unspecified atom stereocenters. The van der Waals surface area contributed by atoms with Crippen molar-refractivity contribution < 1.29 is 9.53 Å². The minimum absolute atomic E-state index is 0.181. The third-order valence-electron chi connectivity index (χ3n) is 3.07. The zero-order valence-corrected chi connectivity index (χ0v) is 12.4. The van der Waals surface area contributed by atoms with Crippen LogP contribution in [0, 0.1) is 20.8 Å². The van der Waals surface area contributed by atoms with E-state index in [9.17, 15) is 4.79 Å². The maximum absolute atomic E-state index is 11.3. The minimum Gasteiger partial charge on any atom is -0.491 e. The SMILES string of the molecule is Cc1cc(C)c(OCCn2cc(C(=O)NN)nn2)c(C)c1. The van der Waals surface area contributed by atoms with E-state index in [-0.39, 0.29) is 5.69 Å². The van der Waals surface area contributed by atoms with E-state index in [0.29, 0.717) is 13.2 Å². The maximum atomic E-state index is 11.3. The van der Waals surface area contributed by atoms with Gasteiger partial charge in [0.05, 0.1) is 12.7 Å². The molecule has 0 saturated carbocycles. The normalized spacial score (nSPS) is 10.5. The molecule has 112 valence electrons. The van der Waals surface area contributed by atoms with E-state index in [2.05, 4.69) is 29.4 Å². The van der Waals surface area contributed by atoms with Crippen molar-refractivity contribution in [1.82, 2.24) is 20.4 Å². The van der Waals surface area contributed by atoms with Crippen LogP contribution in [-0.2, 0) is 6.54 Å². The van der Waals surface area contributed by atoms with Crippen LogP contribution in [0.5, 0.6) is 5.75 Å². The maximum Gasteiger partial charge on any atom is 0.287 e. The van der Waals surface area contributed by atoms with Crippen LogP contribution in [0.2, 0.25) is 0 Å². The third kappa shape index (κ3) is 3.57. The van der Waals surface area contributed by atoms with Gasteiger partial charge in [0.25, 0.3) is 5.91 Å². The van der Waals surface area contributed by atoms with Gasteiger partial charge in [0.15, 0.2) is 5.69 Å². The first-order chi connectivity index (χ1) is 10.0. The molecule has 21 heavy (non-hydrogen) atoms. The number of nitrogen functional groups attached to an aromatic ring is 1. The molecule has 2 aromatic rings. The first-order valence-electron chi connectivity index (χ1n) is 6.63. The molecular weight excluding hydrogens is 270 g/mol. The Kier molecular flexibility index (Phi) is 4.54. The van der Waals surface area contributed by atoms with Crippen molar-refractivity contribution in [3.63, 3.8) is 0 Å². The average Bonchev–Trinajstić information content (AvgIpc) is 2.89. The van der Waals surface area contributed by atoms with Crippen LogP contribution in [0.15, 0.2) is 18.3 Å². The largest absolute Gasteiger partial charge is 0.491 e. The number of aromatic nitrogens is 3. The van der Waals surface area contributed by atoms with Gasteiger partial charge in [-0.1, -0.05) is 22.9 Å². The summed E-state index contributed by atoms with van der Waals surface area (Å²) in [5, 5.41) is 7.57. The zero-order valence-electron chi connectivity index (χ0n) is 12.4. The van der Waals surface area contributed by atoms with Crippen LogP contribution in [0.3, 0.4) is 0 Å². The van der Waals surface area contributed by atoms with Gasteiger partial charge in [0.1, 0.15) is 12.4 Å². The monoisotopic (exact) mass is 289 g/mol. The number of rotatable bonds is 5. The highest BCUT2D eigenvalue weighted by Gasteiger charge is 2.09. The fraction of sp³-hybridized carbons (Fsp3) is 0.357. The Bertz CT molecular complexity index is 628. The standard InChI is InChI=1S/C14H19N5O2/c1-9-6-10(2)13(11(3)7-9)21-5-4-19-8-12(17-18-19)14(20)16-15/h6-8H,4-5,15H2,1-3H3,(H,16,20). The van der Waals surface area contributed by atoms with E-state index in [1.54, 1.807) is 4.68 Å². The Labute approximate surface area is 123 Å². The molecule has 7 heteroatoms. The summed E-state index contributed by atoms with van der Waals surface area (Å²) in [6.07, 6.45) is 1.53. The van der Waals surface area contributed by atoms with Gasteiger partial charge < -0.3 is 4.74 Å². The van der Waals surface area contributed by atoms with Gasteiger partial charge in [-0.15, -0.1) is 5.10 Å². The van der Waals surface area contributed by atoms with E-state index >= 15 is 0 Å². The smallest absolute Gasteiger partial charge is 0.287 e. The quantitative estimate of drug-likeness (QED) is 0.484. The number of ether oxygens (including phenoxy) is 1. The number of carbonyl (C=O) groups excluding carboxylic acids is 1. The van der Waals surface area contributed by atoms with E-state index in [0.717, 1.165) is 16.9 Å². The summed E-state index contributed by atoms with van der Waals surface area (Å²) in [4.78, 5) is 11.3. The molecule has 1 aromatic carbocycles. The zero-order chi connectivity index (χ0) is 15.4. The molecule has 0 aliphatic rings. The van der Waals surface area contributed by atoms with Crippen LogP contribution in [0.1, 0.15) is 27.2 Å². The number of hydrogen-bond donors (Lipinski definition) is 2. The summed E-state index contributed by atoms with van der Waals surface area (Å²) in [7, 11) is 0. The van der Waals surface area contributed by atoms with Crippen molar-refractivity contribution in [2.24, 2.45) is 5.84 Å². The number of hydrogen-bond acceptors (Lipinski definition) is 5. The molecule has 0 aliphatic carbocycles. The summed E-state index contributed by atoms with van der Waals surface area (Å²) >= 11 is 0. The molecule has 0 spiro atoms. The molecule has 0 atom stereocenters. The van der Waals surface area contributed by atoms with Gasteiger partial charge in [-0.25, -0.2) is 10.5 Å². The van der Waals surface area contributed by atoms with Crippen molar-refractivity contribution in [1.29, 1.82) is 0 Å². The topological polar surface area (TPSA) is 95.1 Å². The number of nitrogens with one attached hydrogen (secondary N) is 1. The Morgan fingerprint density at radius 1 is 1.33 bits per heavy atom. The summed E-state index contributed by atoms with van der Waals surface area (Å²) in [5.41, 5.74) is 5.62. The third-order valence-corrected chi connectivity index (χ3v) is 3.07. The number of benzene rings is 1. The Morgan fingerprint density at radius 2 is 2.00 bits per heavy atom. The van der Waals surface area contributed by atoms with Gasteiger partial charge in [-0.3, -0.25) is 10.2 Å². The fourth-order valence-corrected chi connectivity index (χ4v) is 2.22. The highest BCUT2D eigenvalue weighted by Crippen LogP contribution is 2.24. The molecule has 0 saturated heterocycles. The molecule has 0 fully saturated rings. The lowest BCUT2D eigenvalue weighted by atomic mass is 10.1. The van der Waals surface area contributed by atoms with E-state index in [4.69, 9.17) is 10.6 Å². The van der Waals surface area contributed by atoms with Gasteiger partial charge in [-0.05, 0) is 31.9 Å². The average molecular weight is 289 g/mol. The van der Waals surface area contributed by atoms with Crippen molar-refractivity contribution in [3.8, 4) is 5.75 Å². The van der Waals surface area contributed by atoms with Crippen molar-refractivity contribution in [3.05, 3.63) is 40.7 Å². The predicted octanol–water partition coefficient (Wildman–Crippen LogP) is 0.886. The number of aryl methyl sites for hydroxylation is 3. The van der Waals surface area contributed by atoms with E-state index in [1.807, 2.05) is 19.3 Å². The fourth-order valence-electron chi connectivity index (χ4n) is 2.22. The first-order valence-corrected chi connectivity index (χ1v) is 6.63. The minimum atomic E-state index is -0.465. The molecule has 0 bridgehead atoms. The van der Waals surface area contributed by atoms with Crippen LogP contribution < -0.4 is 16.0 Å². The number of nitrogens with zero attached hydrogens (tertiary/aromatic N) is 3. The van der Waals surface area contributed by atoms with Crippen LogP contribution >= 0.6 is 0 Å². The summed E-state index contributed by atoms with van der Waals surface area (Å²) in [6, 6.07) is 4.17. The molecule has 7 nitrogen and oxygen atoms in total. The number of hydrazine groups is 1. The molecular formula is C14H19N5O2. The molecule has 1 heterocycles. The second-order valence-corrected chi connectivity index (χ2v) is 4.92. The highest BCUT2D eigenvalue weighted by molar-refractivity contribution is 5.91.